The Hall–Kier alpha value is -0.913. The van der Waals surface area contributed by atoms with Gasteiger partial charge in [-0.25, -0.2) is 0 Å². The largest absolute Gasteiger partial charge is 1.00 e. The van der Waals surface area contributed by atoms with Gasteiger partial charge in [0.05, 0.1) is 5.97 Å². The molecule has 1 rings (SSSR count). The van der Waals surface area contributed by atoms with Gasteiger partial charge in [-0.05, 0) is 17.7 Å². The van der Waals surface area contributed by atoms with Crippen molar-refractivity contribution in [3.63, 3.8) is 0 Å². The minimum absolute atomic E-state index is 0. The Morgan fingerprint density at radius 2 is 1.73 bits per heavy atom. The second kappa shape index (κ2) is 4.07. The van der Waals surface area contributed by atoms with Crippen LogP contribution in [0.4, 0.5) is 5.69 Å². The van der Waals surface area contributed by atoms with Crippen LogP contribution in [0.3, 0.4) is 0 Å². The van der Waals surface area contributed by atoms with E-state index in [-0.39, 0.29) is 24.4 Å². The predicted octanol–water partition coefficient (Wildman–Crippen LogP) is -3.36. The van der Waals surface area contributed by atoms with Crippen LogP contribution in [0.15, 0.2) is 24.3 Å². The number of carboxylic acids is 1. The number of carboxylic acid groups (broad SMARTS) is 1. The molecule has 52 valence electrons. The molecule has 0 fully saturated rings. The van der Waals surface area contributed by atoms with Crippen LogP contribution in [-0.4, -0.2) is 5.97 Å². The van der Waals surface area contributed by atoms with E-state index >= 15 is 0 Å². The fraction of sp³-hybridized carbons (Fsp3) is 0. The van der Waals surface area contributed by atoms with Gasteiger partial charge in [-0.1, -0.05) is 12.1 Å². The molecule has 0 unspecified atom stereocenters. The second-order valence-corrected chi connectivity index (χ2v) is 1.91. The van der Waals surface area contributed by atoms with Crippen molar-refractivity contribution in [1.82, 2.24) is 0 Å². The van der Waals surface area contributed by atoms with Crippen molar-refractivity contribution in [2.24, 2.45) is 0 Å². The molecule has 3 nitrogen and oxygen atoms in total. The fourth-order valence-corrected chi connectivity index (χ4v) is 0.619. The van der Waals surface area contributed by atoms with Gasteiger partial charge in [0.2, 0.25) is 0 Å². The van der Waals surface area contributed by atoms with Crippen molar-refractivity contribution in [3.8, 4) is 0 Å². The molecule has 0 bridgehead atoms. The maximum atomic E-state index is 10.2. The summed E-state index contributed by atoms with van der Waals surface area (Å²) in [4.78, 5) is 10.2. The summed E-state index contributed by atoms with van der Waals surface area (Å²) in [6.07, 6.45) is 0. The van der Waals surface area contributed by atoms with Crippen LogP contribution >= 0.6 is 0 Å². The van der Waals surface area contributed by atoms with Crippen LogP contribution in [0.2, 0.25) is 0 Å². The average Bonchev–Trinajstić information content (AvgIpc) is 1.88. The number of nitrogen functional groups attached to an aromatic ring is 1. The molecule has 0 spiro atoms. The number of carbonyl (C=O) groups excluding carboxylic acids is 1. The van der Waals surface area contributed by atoms with Crippen LogP contribution < -0.4 is 29.7 Å². The third kappa shape index (κ3) is 2.67. The first-order valence-electron chi connectivity index (χ1n) is 2.77. The van der Waals surface area contributed by atoms with E-state index in [1.54, 1.807) is 0 Å². The SMILES string of the molecule is Nc1ccc(C(=O)[O-])cc1.[Li+]. The van der Waals surface area contributed by atoms with Crippen molar-refractivity contribution in [1.29, 1.82) is 0 Å². The Morgan fingerprint density at radius 1 is 1.27 bits per heavy atom. The first kappa shape index (κ1) is 10.1. The molecule has 11 heavy (non-hydrogen) atoms. The maximum Gasteiger partial charge on any atom is 1.00 e. The van der Waals surface area contributed by atoms with Crippen molar-refractivity contribution in [2.45, 2.75) is 0 Å². The summed E-state index contributed by atoms with van der Waals surface area (Å²) < 4.78 is 0. The van der Waals surface area contributed by atoms with E-state index in [0.717, 1.165) is 0 Å². The average molecular weight is 143 g/mol. The van der Waals surface area contributed by atoms with Crippen LogP contribution in [-0.2, 0) is 0 Å². The van der Waals surface area contributed by atoms with Crippen LogP contribution in [0.1, 0.15) is 10.4 Å². The number of nitrogens with two attached hydrogens (primary N) is 1. The van der Waals surface area contributed by atoms with Crippen molar-refractivity contribution in [3.05, 3.63) is 29.8 Å². The molecule has 2 N–H and O–H groups in total. The Balaban J connectivity index is 0.000001000. The summed E-state index contributed by atoms with van der Waals surface area (Å²) >= 11 is 0. The Morgan fingerprint density at radius 3 is 2.09 bits per heavy atom. The molecule has 0 atom stereocenters. The van der Waals surface area contributed by atoms with E-state index in [1.165, 1.54) is 24.3 Å². The molecule has 0 aromatic heterocycles. The summed E-state index contributed by atoms with van der Waals surface area (Å²) in [5.74, 6) is -1.18. The molecule has 0 aliphatic rings. The summed E-state index contributed by atoms with van der Waals surface area (Å²) in [6, 6.07) is 5.85. The molecule has 0 heterocycles. The van der Waals surface area contributed by atoms with Crippen LogP contribution in [0.5, 0.6) is 0 Å². The van der Waals surface area contributed by atoms with Gasteiger partial charge in [0.25, 0.3) is 0 Å². The number of rotatable bonds is 1. The second-order valence-electron chi connectivity index (χ2n) is 1.91. The van der Waals surface area contributed by atoms with Crippen molar-refractivity contribution >= 4 is 11.7 Å². The molecule has 0 saturated carbocycles. The van der Waals surface area contributed by atoms with E-state index in [4.69, 9.17) is 5.73 Å². The number of hydrogen-bond acceptors (Lipinski definition) is 3. The molecule has 0 amide bonds. The minimum atomic E-state index is -1.18. The molecule has 0 saturated heterocycles. The number of hydrogen-bond donors (Lipinski definition) is 1. The predicted molar refractivity (Wildman–Crippen MR) is 35.2 cm³/mol. The molecular weight excluding hydrogens is 137 g/mol. The number of carbonyl (C=O) groups is 1. The van der Waals surface area contributed by atoms with Gasteiger partial charge in [-0.3, -0.25) is 0 Å². The third-order valence-corrected chi connectivity index (χ3v) is 1.15. The third-order valence-electron chi connectivity index (χ3n) is 1.15. The summed E-state index contributed by atoms with van der Waals surface area (Å²) in [5, 5.41) is 10.2. The van der Waals surface area contributed by atoms with Crippen molar-refractivity contribution < 1.29 is 28.8 Å². The molecule has 4 heteroatoms. The molecule has 1 aromatic rings. The zero-order valence-corrected chi connectivity index (χ0v) is 6.20. The topological polar surface area (TPSA) is 66.2 Å². The molecule has 1 aromatic carbocycles. The Bertz CT molecular complexity index is 245. The van der Waals surface area contributed by atoms with E-state index in [9.17, 15) is 9.90 Å². The first-order valence-corrected chi connectivity index (χ1v) is 2.77. The summed E-state index contributed by atoms with van der Waals surface area (Å²) in [5.41, 5.74) is 6.01. The van der Waals surface area contributed by atoms with Gasteiger partial charge in [-0.15, -0.1) is 0 Å². The van der Waals surface area contributed by atoms with Crippen LogP contribution in [0, 0.1) is 0 Å². The number of anilines is 1. The minimum Gasteiger partial charge on any atom is -0.545 e. The summed E-state index contributed by atoms with van der Waals surface area (Å²) in [7, 11) is 0. The van der Waals surface area contributed by atoms with E-state index in [1.807, 2.05) is 0 Å². The van der Waals surface area contributed by atoms with Gasteiger partial charge < -0.3 is 15.6 Å². The van der Waals surface area contributed by atoms with Crippen LogP contribution in [0.25, 0.3) is 0 Å². The van der Waals surface area contributed by atoms with Gasteiger partial charge in [-0.2, -0.15) is 0 Å². The first-order chi connectivity index (χ1) is 4.70. The van der Waals surface area contributed by atoms with E-state index < -0.39 is 5.97 Å². The van der Waals surface area contributed by atoms with Gasteiger partial charge in [0, 0.05) is 5.69 Å². The smallest absolute Gasteiger partial charge is 0.545 e. The fourth-order valence-electron chi connectivity index (χ4n) is 0.619. The number of aromatic carboxylic acids is 1. The zero-order chi connectivity index (χ0) is 7.56. The number of benzene rings is 1. The molecule has 0 radical (unpaired) electrons. The maximum absolute atomic E-state index is 10.2. The Kier molecular flexibility index (Phi) is 3.73. The Labute approximate surface area is 76.4 Å². The standard InChI is InChI=1S/C7H7NO2.Li/c8-6-3-1-5(2-4-6)7(9)10;/h1-4H,8H2,(H,9,10);/q;+1/p-1. The zero-order valence-electron chi connectivity index (χ0n) is 6.20. The molecule has 0 aliphatic heterocycles. The van der Waals surface area contributed by atoms with Crippen molar-refractivity contribution in [2.75, 3.05) is 5.73 Å². The van der Waals surface area contributed by atoms with Gasteiger partial charge >= 0.3 is 18.9 Å². The van der Waals surface area contributed by atoms with E-state index in [0.29, 0.717) is 5.69 Å². The quantitative estimate of drug-likeness (QED) is 0.329. The van der Waals surface area contributed by atoms with E-state index in [2.05, 4.69) is 0 Å². The monoisotopic (exact) mass is 143 g/mol. The van der Waals surface area contributed by atoms with Gasteiger partial charge in [0.15, 0.2) is 0 Å². The molecular formula is C7H6LiNO2. The molecule has 0 aliphatic carbocycles. The van der Waals surface area contributed by atoms with Gasteiger partial charge in [0.1, 0.15) is 0 Å². The normalized spacial score (nSPS) is 8.36. The summed E-state index contributed by atoms with van der Waals surface area (Å²) in [6.45, 7) is 0.